The van der Waals surface area contributed by atoms with Crippen LogP contribution in [0.2, 0.25) is 0 Å². The van der Waals surface area contributed by atoms with Crippen LogP contribution in [-0.4, -0.2) is 26.3 Å². The van der Waals surface area contributed by atoms with Crippen LogP contribution in [0.4, 0.5) is 0 Å². The van der Waals surface area contributed by atoms with Gasteiger partial charge < -0.3 is 11.5 Å². The Balaban J connectivity index is 0.00000400. The molecule has 0 radical (unpaired) electrons. The number of carbonyl (C=O) groups is 2. The molecular weight excluding hydrogens is 318 g/mol. The van der Waals surface area contributed by atoms with Crippen molar-refractivity contribution in [3.05, 3.63) is 28.8 Å². The van der Waals surface area contributed by atoms with E-state index in [1.807, 2.05) is 11.6 Å². The average Bonchev–Trinajstić information content (AvgIpc) is 2.23. The van der Waals surface area contributed by atoms with E-state index < -0.39 is 27.9 Å². The quantitative estimate of drug-likeness (QED) is 0.634. The number of hydrogen-bond acceptors (Lipinski definition) is 4. The maximum absolute atomic E-state index is 12.3. The van der Waals surface area contributed by atoms with Crippen molar-refractivity contribution in [3.63, 3.8) is 0 Å². The van der Waals surface area contributed by atoms with Crippen LogP contribution in [0.25, 0.3) is 0 Å². The predicted octanol–water partition coefficient (Wildman–Crippen LogP) is -0.349. The van der Waals surface area contributed by atoms with E-state index in [-0.39, 0.29) is 17.3 Å². The van der Waals surface area contributed by atoms with Gasteiger partial charge in [-0.1, -0.05) is 17.7 Å². The molecule has 1 rings (SSSR count). The third kappa shape index (κ3) is 4.42. The van der Waals surface area contributed by atoms with Crippen LogP contribution in [0, 0.1) is 20.8 Å². The van der Waals surface area contributed by atoms with E-state index in [1.54, 1.807) is 26.0 Å². The smallest absolute Gasteiger partial charge is 0.245 e. The monoisotopic (exact) mass is 335 g/mol. The van der Waals surface area contributed by atoms with E-state index in [0.29, 0.717) is 11.1 Å². The molecule has 1 aromatic rings. The minimum Gasteiger partial charge on any atom is -0.368 e. The molecule has 0 spiro atoms. The molecule has 0 aromatic heterocycles. The molecule has 0 bridgehead atoms. The summed E-state index contributed by atoms with van der Waals surface area (Å²) in [7, 11) is -4.08. The Labute approximate surface area is 129 Å². The molecule has 5 N–H and O–H groups in total. The predicted molar refractivity (Wildman–Crippen MR) is 80.4 cm³/mol. The first-order chi connectivity index (χ1) is 9.06. The summed E-state index contributed by atoms with van der Waals surface area (Å²) in [5.74, 6) is -2.30. The zero-order valence-electron chi connectivity index (χ0n) is 11.8. The molecule has 0 unspecified atom stereocenters. The average molecular weight is 336 g/mol. The maximum Gasteiger partial charge on any atom is 0.245 e. The molecule has 0 aliphatic heterocycles. The third-order valence-electron chi connectivity index (χ3n) is 2.72. The highest BCUT2D eigenvalue weighted by atomic mass is 35.5. The molecule has 0 fully saturated rings. The van der Waals surface area contributed by atoms with E-state index >= 15 is 0 Å². The Morgan fingerprint density at radius 1 is 1.05 bits per heavy atom. The largest absolute Gasteiger partial charge is 0.368 e. The van der Waals surface area contributed by atoms with Gasteiger partial charge in [0.2, 0.25) is 21.8 Å². The highest BCUT2D eigenvalue weighted by molar-refractivity contribution is 7.89. The number of carbonyl (C=O) groups excluding carboxylic acids is 2. The summed E-state index contributed by atoms with van der Waals surface area (Å²) in [6.07, 6.45) is 0. The SMILES string of the molecule is Cc1cc(C)c(S(=O)(=O)NC(C(N)=O)C(N)=O)c(C)c1.Cl. The topological polar surface area (TPSA) is 132 Å². The van der Waals surface area contributed by atoms with Crippen molar-refractivity contribution in [1.29, 1.82) is 0 Å². The summed E-state index contributed by atoms with van der Waals surface area (Å²) in [4.78, 5) is 22.1. The van der Waals surface area contributed by atoms with Gasteiger partial charge in [-0.05, 0) is 31.9 Å². The summed E-state index contributed by atoms with van der Waals surface area (Å²) < 4.78 is 26.5. The number of aryl methyl sites for hydroxylation is 3. The molecule has 7 nitrogen and oxygen atoms in total. The van der Waals surface area contributed by atoms with Gasteiger partial charge in [0.05, 0.1) is 4.90 Å². The van der Waals surface area contributed by atoms with E-state index in [4.69, 9.17) is 11.5 Å². The Morgan fingerprint density at radius 3 is 1.76 bits per heavy atom. The number of sulfonamides is 1. The van der Waals surface area contributed by atoms with Gasteiger partial charge in [0.15, 0.2) is 6.04 Å². The first kappa shape index (κ1) is 19.4. The lowest BCUT2D eigenvalue weighted by Crippen LogP contribution is -2.52. The van der Waals surface area contributed by atoms with Gasteiger partial charge in [-0.25, -0.2) is 8.42 Å². The third-order valence-corrected chi connectivity index (χ3v) is 4.44. The number of primary amides is 2. The van der Waals surface area contributed by atoms with Crippen molar-refractivity contribution in [3.8, 4) is 0 Å². The molecule has 0 aliphatic rings. The number of rotatable bonds is 5. The fraction of sp³-hybridized carbons (Fsp3) is 0.333. The fourth-order valence-electron chi connectivity index (χ4n) is 2.06. The van der Waals surface area contributed by atoms with Crippen LogP contribution in [0.3, 0.4) is 0 Å². The molecule has 1 aromatic carbocycles. The van der Waals surface area contributed by atoms with Crippen molar-refractivity contribution in [2.45, 2.75) is 31.7 Å². The maximum atomic E-state index is 12.3. The van der Waals surface area contributed by atoms with Crippen molar-refractivity contribution < 1.29 is 18.0 Å². The molecule has 0 heterocycles. The van der Waals surface area contributed by atoms with Crippen molar-refractivity contribution in [1.82, 2.24) is 4.72 Å². The Kier molecular flexibility index (Phi) is 6.34. The first-order valence-corrected chi connectivity index (χ1v) is 7.23. The number of halogens is 1. The molecule has 2 amide bonds. The zero-order valence-corrected chi connectivity index (χ0v) is 13.5. The summed E-state index contributed by atoms with van der Waals surface area (Å²) >= 11 is 0. The lowest BCUT2D eigenvalue weighted by atomic mass is 10.1. The van der Waals surface area contributed by atoms with Crippen molar-refractivity contribution in [2.75, 3.05) is 0 Å². The second-order valence-corrected chi connectivity index (χ2v) is 6.24. The highest BCUT2D eigenvalue weighted by Crippen LogP contribution is 2.21. The van der Waals surface area contributed by atoms with Gasteiger partial charge in [-0.3, -0.25) is 9.59 Å². The van der Waals surface area contributed by atoms with Crippen LogP contribution in [0.5, 0.6) is 0 Å². The van der Waals surface area contributed by atoms with Gasteiger partial charge in [0.25, 0.3) is 0 Å². The first-order valence-electron chi connectivity index (χ1n) is 5.75. The number of hydrogen-bond donors (Lipinski definition) is 3. The summed E-state index contributed by atoms with van der Waals surface area (Å²) in [5, 5.41) is 0. The van der Waals surface area contributed by atoms with Crippen LogP contribution < -0.4 is 16.2 Å². The van der Waals surface area contributed by atoms with Gasteiger partial charge in [0, 0.05) is 0 Å². The Bertz CT molecular complexity index is 636. The van der Waals surface area contributed by atoms with Gasteiger partial charge >= 0.3 is 0 Å². The molecule has 0 aliphatic carbocycles. The lowest BCUT2D eigenvalue weighted by molar-refractivity contribution is -0.128. The minimum absolute atomic E-state index is 0. The highest BCUT2D eigenvalue weighted by Gasteiger charge is 2.30. The minimum atomic E-state index is -4.08. The van der Waals surface area contributed by atoms with Gasteiger partial charge in [0.1, 0.15) is 0 Å². The molecule has 0 saturated carbocycles. The molecular formula is C12H18ClN3O4S. The summed E-state index contributed by atoms with van der Waals surface area (Å²) in [6.45, 7) is 5.08. The number of benzene rings is 1. The van der Waals surface area contributed by atoms with Crippen molar-refractivity contribution in [2.24, 2.45) is 11.5 Å². The van der Waals surface area contributed by atoms with Crippen LogP contribution in [0.1, 0.15) is 16.7 Å². The number of nitrogens with two attached hydrogens (primary N) is 2. The van der Waals surface area contributed by atoms with E-state index in [1.165, 1.54) is 0 Å². The molecule has 0 atom stereocenters. The molecule has 118 valence electrons. The number of amides is 2. The molecule has 21 heavy (non-hydrogen) atoms. The Hall–Kier alpha value is -1.64. The van der Waals surface area contributed by atoms with Crippen LogP contribution in [0.15, 0.2) is 17.0 Å². The normalized spacial score (nSPS) is 11.0. The summed E-state index contributed by atoms with van der Waals surface area (Å²) in [6, 6.07) is 1.59. The van der Waals surface area contributed by atoms with Crippen LogP contribution in [-0.2, 0) is 19.6 Å². The van der Waals surface area contributed by atoms with E-state index in [2.05, 4.69) is 0 Å². The standard InChI is InChI=1S/C12H17N3O4S.ClH/c1-6-4-7(2)10(8(3)5-6)20(18,19)15-9(11(13)16)12(14)17;/h4-5,9,15H,1-3H3,(H2,13,16)(H2,14,17);1H. The zero-order chi connectivity index (χ0) is 15.7. The van der Waals surface area contributed by atoms with Gasteiger partial charge in [-0.15, -0.1) is 12.4 Å². The van der Waals surface area contributed by atoms with Gasteiger partial charge in [-0.2, -0.15) is 4.72 Å². The second-order valence-electron chi connectivity index (χ2n) is 4.59. The number of nitrogens with one attached hydrogen (secondary N) is 1. The lowest BCUT2D eigenvalue weighted by Gasteiger charge is -2.16. The molecule has 9 heteroatoms. The molecule has 0 saturated heterocycles. The fourth-order valence-corrected chi connectivity index (χ4v) is 3.69. The van der Waals surface area contributed by atoms with Crippen LogP contribution >= 0.6 is 12.4 Å². The van der Waals surface area contributed by atoms with Crippen molar-refractivity contribution >= 4 is 34.2 Å². The Morgan fingerprint density at radius 2 is 1.43 bits per heavy atom. The second kappa shape index (κ2) is 6.88. The summed E-state index contributed by atoms with van der Waals surface area (Å²) in [5.41, 5.74) is 11.8. The van der Waals surface area contributed by atoms with E-state index in [9.17, 15) is 18.0 Å². The van der Waals surface area contributed by atoms with E-state index in [0.717, 1.165) is 5.56 Å².